The second kappa shape index (κ2) is 9.77. The monoisotopic (exact) mass is 467 g/mol. The average Bonchev–Trinajstić information content (AvgIpc) is 3.31. The minimum atomic E-state index is -0.660. The maximum Gasteiger partial charge on any atom is 0.317 e. The summed E-state index contributed by atoms with van der Waals surface area (Å²) in [5.41, 5.74) is 8.28. The van der Waals surface area contributed by atoms with E-state index in [1.165, 1.54) is 18.6 Å². The molecule has 0 spiro atoms. The smallest absolute Gasteiger partial charge is 0.317 e. The van der Waals surface area contributed by atoms with Gasteiger partial charge < -0.3 is 24.9 Å². The number of nitrogens with one attached hydrogen (secondary N) is 1. The molecule has 1 aromatic carbocycles. The first-order valence-corrected chi connectivity index (χ1v) is 11.8. The normalized spacial score (nSPS) is 23.7. The Morgan fingerprint density at radius 2 is 1.82 bits per heavy atom. The lowest BCUT2D eigenvalue weighted by Gasteiger charge is -2.35. The van der Waals surface area contributed by atoms with Crippen molar-refractivity contribution < 1.29 is 18.6 Å². The third-order valence-electron chi connectivity index (χ3n) is 6.44. The Labute approximate surface area is 198 Å². The van der Waals surface area contributed by atoms with Crippen molar-refractivity contribution in [2.45, 2.75) is 51.4 Å². The van der Waals surface area contributed by atoms with E-state index >= 15 is 0 Å². The van der Waals surface area contributed by atoms with Gasteiger partial charge in [0.05, 0.1) is 30.3 Å². The number of aromatic amines is 1. The first kappa shape index (κ1) is 22.9. The van der Waals surface area contributed by atoms with E-state index in [1.807, 2.05) is 6.92 Å². The van der Waals surface area contributed by atoms with Crippen LogP contribution in [0.2, 0.25) is 0 Å². The lowest BCUT2D eigenvalue weighted by Crippen LogP contribution is -2.42. The van der Waals surface area contributed by atoms with Gasteiger partial charge in [-0.3, -0.25) is 0 Å². The molecule has 2 fully saturated rings. The summed E-state index contributed by atoms with van der Waals surface area (Å²) in [4.78, 5) is 17.1. The summed E-state index contributed by atoms with van der Waals surface area (Å²) in [6.45, 7) is 3.41. The van der Waals surface area contributed by atoms with Gasteiger partial charge in [0.25, 0.3) is 0 Å². The molecule has 1 saturated carbocycles. The summed E-state index contributed by atoms with van der Waals surface area (Å²) in [5.74, 6) is 0.202. The molecule has 1 aliphatic heterocycles. The molecule has 1 aliphatic carbocycles. The van der Waals surface area contributed by atoms with Crippen LogP contribution in [0.3, 0.4) is 0 Å². The van der Waals surface area contributed by atoms with Gasteiger partial charge in [-0.2, -0.15) is 4.98 Å². The van der Waals surface area contributed by atoms with E-state index < -0.39 is 6.29 Å². The van der Waals surface area contributed by atoms with Gasteiger partial charge >= 0.3 is 6.01 Å². The van der Waals surface area contributed by atoms with E-state index in [0.717, 1.165) is 31.2 Å². The molecule has 5 rings (SSSR count). The van der Waals surface area contributed by atoms with Crippen LogP contribution in [0.4, 0.5) is 4.39 Å². The molecular formula is C25H30FN5O3. The van der Waals surface area contributed by atoms with Crippen LogP contribution in [0, 0.1) is 11.2 Å². The van der Waals surface area contributed by atoms with Crippen LogP contribution in [0.25, 0.3) is 22.6 Å². The van der Waals surface area contributed by atoms with Gasteiger partial charge in [-0.25, -0.2) is 14.4 Å². The second-order valence-corrected chi connectivity index (χ2v) is 9.42. The second-order valence-electron chi connectivity index (χ2n) is 9.42. The van der Waals surface area contributed by atoms with Crippen LogP contribution < -0.4 is 10.5 Å². The lowest BCUT2D eigenvalue weighted by atomic mass is 9.93. The number of hydrogen-bond donors (Lipinski definition) is 2. The molecule has 0 radical (unpaired) electrons. The predicted molar refractivity (Wildman–Crippen MR) is 124 cm³/mol. The van der Waals surface area contributed by atoms with Crippen molar-refractivity contribution in [2.75, 3.05) is 19.8 Å². The molecule has 0 amide bonds. The number of aromatic nitrogens is 4. The Balaban J connectivity index is 1.47. The van der Waals surface area contributed by atoms with Gasteiger partial charge in [-0.1, -0.05) is 13.3 Å². The number of hydrogen-bond acceptors (Lipinski definition) is 7. The number of benzene rings is 1. The minimum Gasteiger partial charge on any atom is -0.460 e. The van der Waals surface area contributed by atoms with Gasteiger partial charge in [0.1, 0.15) is 11.9 Å². The SMILES string of the molecule is CC1(CN)COC(c2nc(-c3ccc(F)cc3)c(-c3ccnc(OC4CCCCC4)n3)[nH]2)OC1. The summed E-state index contributed by atoms with van der Waals surface area (Å²) in [7, 11) is 0. The molecule has 3 aromatic rings. The Bertz CT molecular complexity index is 1110. The molecule has 0 unspecified atom stereocenters. The van der Waals surface area contributed by atoms with E-state index in [1.54, 1.807) is 24.4 Å². The molecule has 2 aliphatic rings. The Kier molecular flexibility index (Phi) is 6.58. The average molecular weight is 468 g/mol. The summed E-state index contributed by atoms with van der Waals surface area (Å²) in [6, 6.07) is 8.33. The summed E-state index contributed by atoms with van der Waals surface area (Å²) < 4.78 is 31.5. The fourth-order valence-electron chi connectivity index (χ4n) is 4.29. The highest BCUT2D eigenvalue weighted by Crippen LogP contribution is 2.35. The zero-order valence-electron chi connectivity index (χ0n) is 19.3. The summed E-state index contributed by atoms with van der Waals surface area (Å²) in [6.07, 6.45) is 6.75. The van der Waals surface area contributed by atoms with Gasteiger partial charge in [0.15, 0.2) is 5.82 Å². The molecule has 180 valence electrons. The van der Waals surface area contributed by atoms with Crippen molar-refractivity contribution in [3.63, 3.8) is 0 Å². The van der Waals surface area contributed by atoms with Crippen LogP contribution >= 0.6 is 0 Å². The number of nitrogens with two attached hydrogens (primary N) is 1. The Morgan fingerprint density at radius 1 is 1.09 bits per heavy atom. The van der Waals surface area contributed by atoms with Crippen LogP contribution in [0.1, 0.15) is 51.1 Å². The number of nitrogens with zero attached hydrogens (tertiary/aromatic N) is 3. The topological polar surface area (TPSA) is 108 Å². The van der Waals surface area contributed by atoms with Crippen molar-refractivity contribution in [3.05, 3.63) is 48.2 Å². The van der Waals surface area contributed by atoms with Crippen molar-refractivity contribution >= 4 is 0 Å². The van der Waals surface area contributed by atoms with Crippen molar-refractivity contribution in [1.82, 2.24) is 19.9 Å². The Hall–Kier alpha value is -2.88. The molecule has 8 nitrogen and oxygen atoms in total. The minimum absolute atomic E-state index is 0.138. The third kappa shape index (κ3) is 4.96. The van der Waals surface area contributed by atoms with Crippen molar-refractivity contribution in [3.8, 4) is 28.7 Å². The molecule has 0 bridgehead atoms. The van der Waals surface area contributed by atoms with E-state index in [2.05, 4.69) is 15.0 Å². The largest absolute Gasteiger partial charge is 0.460 e. The molecule has 1 saturated heterocycles. The number of halogens is 1. The van der Waals surface area contributed by atoms with E-state index in [4.69, 9.17) is 24.9 Å². The zero-order chi connectivity index (χ0) is 23.5. The van der Waals surface area contributed by atoms with Gasteiger partial charge in [-0.05, 0) is 56.0 Å². The van der Waals surface area contributed by atoms with Crippen LogP contribution in [-0.2, 0) is 9.47 Å². The highest BCUT2D eigenvalue weighted by atomic mass is 19.1. The molecule has 3 heterocycles. The maximum absolute atomic E-state index is 13.6. The van der Waals surface area contributed by atoms with Gasteiger partial charge in [0, 0.05) is 23.7 Å². The van der Waals surface area contributed by atoms with E-state index in [9.17, 15) is 4.39 Å². The zero-order valence-corrected chi connectivity index (χ0v) is 19.3. The highest BCUT2D eigenvalue weighted by Gasteiger charge is 2.34. The molecule has 9 heteroatoms. The predicted octanol–water partition coefficient (Wildman–Crippen LogP) is 4.39. The maximum atomic E-state index is 13.6. The molecular weight excluding hydrogens is 437 g/mol. The van der Waals surface area contributed by atoms with E-state index in [-0.39, 0.29) is 17.3 Å². The standard InChI is InChI=1S/C25H30FN5O3/c1-25(13-27)14-32-23(33-15-25)22-30-20(16-7-9-17(26)10-8-16)21(31-22)19-11-12-28-24(29-19)34-18-5-3-2-4-6-18/h7-12,18,23H,2-6,13-15,27H2,1H3,(H,30,31). The van der Waals surface area contributed by atoms with Gasteiger partial charge in [-0.15, -0.1) is 0 Å². The third-order valence-corrected chi connectivity index (χ3v) is 6.44. The van der Waals surface area contributed by atoms with Crippen molar-refractivity contribution in [1.29, 1.82) is 0 Å². The molecule has 34 heavy (non-hydrogen) atoms. The highest BCUT2D eigenvalue weighted by molar-refractivity contribution is 5.76. The van der Waals surface area contributed by atoms with Gasteiger partial charge in [0.2, 0.25) is 6.29 Å². The quantitative estimate of drug-likeness (QED) is 0.553. The lowest BCUT2D eigenvalue weighted by molar-refractivity contribution is -0.231. The number of rotatable bonds is 6. The van der Waals surface area contributed by atoms with Crippen LogP contribution in [-0.4, -0.2) is 45.8 Å². The molecule has 3 N–H and O–H groups in total. The number of ether oxygens (including phenoxy) is 3. The number of H-pyrrole nitrogens is 1. The Morgan fingerprint density at radius 3 is 2.53 bits per heavy atom. The first-order valence-electron chi connectivity index (χ1n) is 11.8. The molecule has 2 aromatic heterocycles. The first-order chi connectivity index (χ1) is 16.5. The summed E-state index contributed by atoms with van der Waals surface area (Å²) >= 11 is 0. The van der Waals surface area contributed by atoms with E-state index in [0.29, 0.717) is 48.7 Å². The number of imidazole rings is 1. The summed E-state index contributed by atoms with van der Waals surface area (Å²) in [5, 5.41) is 0. The molecule has 0 atom stereocenters. The van der Waals surface area contributed by atoms with Crippen LogP contribution in [0.5, 0.6) is 6.01 Å². The fourth-order valence-corrected chi connectivity index (χ4v) is 4.29. The van der Waals surface area contributed by atoms with Crippen LogP contribution in [0.15, 0.2) is 36.5 Å². The fraction of sp³-hybridized carbons (Fsp3) is 0.480. The van der Waals surface area contributed by atoms with Crippen molar-refractivity contribution in [2.24, 2.45) is 11.1 Å².